The van der Waals surface area contributed by atoms with E-state index in [4.69, 9.17) is 5.73 Å². The molecule has 2 N–H and O–H groups in total. The summed E-state index contributed by atoms with van der Waals surface area (Å²) in [4.78, 5) is 4.41. The van der Waals surface area contributed by atoms with Crippen molar-refractivity contribution in [3.8, 4) is 0 Å². The first kappa shape index (κ1) is 13.3. The van der Waals surface area contributed by atoms with Crippen molar-refractivity contribution in [2.45, 2.75) is 19.4 Å². The van der Waals surface area contributed by atoms with Gasteiger partial charge in [-0.1, -0.05) is 6.07 Å². The molecular weight excluding hydrogens is 229 g/mol. The maximum Gasteiger partial charge on any atom is 0.146 e. The number of halogens is 1. The number of likely N-dealkylation sites (tertiary alicyclic amines) is 1. The lowest BCUT2D eigenvalue weighted by atomic mass is 10.2. The molecule has 0 saturated carbocycles. The molecule has 0 unspecified atom stereocenters. The molecule has 100 valence electrons. The van der Waals surface area contributed by atoms with Crippen molar-refractivity contribution in [1.29, 1.82) is 0 Å². The fourth-order valence-corrected chi connectivity index (χ4v) is 2.41. The van der Waals surface area contributed by atoms with Crippen LogP contribution >= 0.6 is 0 Å². The van der Waals surface area contributed by atoms with Gasteiger partial charge in [0.1, 0.15) is 5.82 Å². The topological polar surface area (TPSA) is 32.5 Å². The molecule has 0 atom stereocenters. The highest BCUT2D eigenvalue weighted by atomic mass is 19.1. The third kappa shape index (κ3) is 3.21. The summed E-state index contributed by atoms with van der Waals surface area (Å²) in [6.45, 7) is 4.62. The molecule has 1 aliphatic heterocycles. The molecule has 0 radical (unpaired) electrons. The maximum atomic E-state index is 13.9. The van der Waals surface area contributed by atoms with Gasteiger partial charge in [0.05, 0.1) is 5.69 Å². The second kappa shape index (κ2) is 6.16. The molecule has 0 aliphatic carbocycles. The van der Waals surface area contributed by atoms with Crippen molar-refractivity contribution < 1.29 is 4.39 Å². The van der Waals surface area contributed by atoms with Gasteiger partial charge in [0.25, 0.3) is 0 Å². The average molecular weight is 251 g/mol. The summed E-state index contributed by atoms with van der Waals surface area (Å²) in [7, 11) is 1.94. The van der Waals surface area contributed by atoms with Gasteiger partial charge in [-0.25, -0.2) is 4.39 Å². The van der Waals surface area contributed by atoms with Crippen molar-refractivity contribution in [1.82, 2.24) is 4.90 Å². The quantitative estimate of drug-likeness (QED) is 0.866. The van der Waals surface area contributed by atoms with Crippen molar-refractivity contribution in [2.75, 3.05) is 38.1 Å². The van der Waals surface area contributed by atoms with Crippen LogP contribution in [0.1, 0.15) is 18.4 Å². The number of anilines is 1. The molecule has 0 amide bonds. The smallest absolute Gasteiger partial charge is 0.146 e. The Morgan fingerprint density at radius 2 is 2.06 bits per heavy atom. The number of benzene rings is 1. The standard InChI is InChI=1S/C14H22FN3/c1-17(8-9-18-6-2-3-7-18)14-5-4-12(11-16)10-13(14)15/h4-5,10H,2-3,6-9,11,16H2,1H3. The molecule has 0 spiro atoms. The van der Waals surface area contributed by atoms with Gasteiger partial charge < -0.3 is 15.5 Å². The summed E-state index contributed by atoms with van der Waals surface area (Å²) in [6.07, 6.45) is 2.59. The zero-order chi connectivity index (χ0) is 13.0. The van der Waals surface area contributed by atoms with Crippen molar-refractivity contribution in [3.63, 3.8) is 0 Å². The van der Waals surface area contributed by atoms with Crippen molar-refractivity contribution in [3.05, 3.63) is 29.6 Å². The van der Waals surface area contributed by atoms with Crippen LogP contribution in [0.5, 0.6) is 0 Å². The Bertz CT molecular complexity index is 389. The SMILES string of the molecule is CN(CCN1CCCC1)c1ccc(CN)cc1F. The summed E-state index contributed by atoms with van der Waals surface area (Å²) < 4.78 is 13.9. The summed E-state index contributed by atoms with van der Waals surface area (Å²) >= 11 is 0. The minimum Gasteiger partial charge on any atom is -0.371 e. The van der Waals surface area contributed by atoms with E-state index in [9.17, 15) is 4.39 Å². The Labute approximate surface area is 108 Å². The number of hydrogen-bond donors (Lipinski definition) is 1. The first-order valence-electron chi connectivity index (χ1n) is 6.62. The van der Waals surface area contributed by atoms with E-state index in [-0.39, 0.29) is 5.82 Å². The molecule has 1 aromatic carbocycles. The minimum atomic E-state index is -0.179. The number of nitrogens with zero attached hydrogens (tertiary/aromatic N) is 2. The molecule has 0 bridgehead atoms. The zero-order valence-corrected chi connectivity index (χ0v) is 11.0. The van der Waals surface area contributed by atoms with Crippen LogP contribution in [0, 0.1) is 5.82 Å². The monoisotopic (exact) mass is 251 g/mol. The third-order valence-corrected chi connectivity index (χ3v) is 3.61. The molecule has 0 aromatic heterocycles. The van der Waals surface area contributed by atoms with E-state index in [1.165, 1.54) is 32.0 Å². The Balaban J connectivity index is 1.93. The lowest BCUT2D eigenvalue weighted by Gasteiger charge is -2.23. The lowest BCUT2D eigenvalue weighted by Crippen LogP contribution is -2.31. The summed E-state index contributed by atoms with van der Waals surface area (Å²) in [6, 6.07) is 5.24. The summed E-state index contributed by atoms with van der Waals surface area (Å²) in [5.41, 5.74) is 7.00. The van der Waals surface area contributed by atoms with Crippen LogP contribution in [-0.2, 0) is 6.54 Å². The molecule has 1 heterocycles. The van der Waals surface area contributed by atoms with Gasteiger partial charge in [0.15, 0.2) is 0 Å². The predicted octanol–water partition coefficient (Wildman–Crippen LogP) is 1.82. The molecule has 18 heavy (non-hydrogen) atoms. The molecule has 1 fully saturated rings. The van der Waals surface area contributed by atoms with Gasteiger partial charge >= 0.3 is 0 Å². The van der Waals surface area contributed by atoms with E-state index in [0.29, 0.717) is 12.2 Å². The summed E-state index contributed by atoms with van der Waals surface area (Å²) in [5.74, 6) is -0.179. The van der Waals surface area contributed by atoms with Gasteiger partial charge in [0.2, 0.25) is 0 Å². The molecule has 1 aliphatic rings. The fraction of sp³-hybridized carbons (Fsp3) is 0.571. The minimum absolute atomic E-state index is 0.179. The molecule has 1 saturated heterocycles. The highest BCUT2D eigenvalue weighted by Gasteiger charge is 2.13. The van der Waals surface area contributed by atoms with Crippen molar-refractivity contribution >= 4 is 5.69 Å². The van der Waals surface area contributed by atoms with Crippen LogP contribution in [0.3, 0.4) is 0 Å². The number of hydrogen-bond acceptors (Lipinski definition) is 3. The predicted molar refractivity (Wildman–Crippen MR) is 73.2 cm³/mol. The van der Waals surface area contributed by atoms with E-state index in [2.05, 4.69) is 4.90 Å². The largest absolute Gasteiger partial charge is 0.371 e. The van der Waals surface area contributed by atoms with Gasteiger partial charge in [-0.2, -0.15) is 0 Å². The number of rotatable bonds is 5. The fourth-order valence-electron chi connectivity index (χ4n) is 2.41. The molecular formula is C14H22FN3. The Morgan fingerprint density at radius 1 is 1.33 bits per heavy atom. The van der Waals surface area contributed by atoms with Gasteiger partial charge in [-0.15, -0.1) is 0 Å². The maximum absolute atomic E-state index is 13.9. The highest BCUT2D eigenvalue weighted by molar-refractivity contribution is 5.48. The van der Waals surface area contributed by atoms with E-state index in [0.717, 1.165) is 18.7 Å². The molecule has 2 rings (SSSR count). The van der Waals surface area contributed by atoms with Crippen LogP contribution in [0.4, 0.5) is 10.1 Å². The van der Waals surface area contributed by atoms with Crippen LogP contribution in [0.25, 0.3) is 0 Å². The third-order valence-electron chi connectivity index (χ3n) is 3.61. The number of nitrogens with two attached hydrogens (primary N) is 1. The molecule has 4 heteroatoms. The zero-order valence-electron chi connectivity index (χ0n) is 11.0. The molecule has 3 nitrogen and oxygen atoms in total. The Kier molecular flexibility index (Phi) is 4.55. The van der Waals surface area contributed by atoms with Crippen LogP contribution < -0.4 is 10.6 Å². The lowest BCUT2D eigenvalue weighted by molar-refractivity contribution is 0.346. The van der Waals surface area contributed by atoms with Gasteiger partial charge in [-0.3, -0.25) is 0 Å². The van der Waals surface area contributed by atoms with E-state index in [1.54, 1.807) is 0 Å². The van der Waals surface area contributed by atoms with E-state index in [1.807, 2.05) is 24.1 Å². The van der Waals surface area contributed by atoms with Gasteiger partial charge in [-0.05, 0) is 43.6 Å². The van der Waals surface area contributed by atoms with Crippen LogP contribution in [0.15, 0.2) is 18.2 Å². The van der Waals surface area contributed by atoms with E-state index >= 15 is 0 Å². The molecule has 1 aromatic rings. The Morgan fingerprint density at radius 3 is 2.67 bits per heavy atom. The first-order valence-corrected chi connectivity index (χ1v) is 6.62. The summed E-state index contributed by atoms with van der Waals surface area (Å²) in [5, 5.41) is 0. The van der Waals surface area contributed by atoms with Gasteiger partial charge in [0, 0.05) is 26.7 Å². The first-order chi connectivity index (χ1) is 8.70. The van der Waals surface area contributed by atoms with E-state index < -0.39 is 0 Å². The number of likely N-dealkylation sites (N-methyl/N-ethyl adjacent to an activating group) is 1. The Hall–Kier alpha value is -1.13. The second-order valence-electron chi connectivity index (χ2n) is 4.96. The highest BCUT2D eigenvalue weighted by Crippen LogP contribution is 2.19. The van der Waals surface area contributed by atoms with Crippen molar-refractivity contribution in [2.24, 2.45) is 5.73 Å². The van der Waals surface area contributed by atoms with Crippen LogP contribution in [-0.4, -0.2) is 38.1 Å². The second-order valence-corrected chi connectivity index (χ2v) is 4.96. The average Bonchev–Trinajstić information content (AvgIpc) is 2.88. The van der Waals surface area contributed by atoms with Crippen LogP contribution in [0.2, 0.25) is 0 Å². The normalized spacial score (nSPS) is 16.2.